The Morgan fingerprint density at radius 2 is 1.27 bits per heavy atom. The highest BCUT2D eigenvalue weighted by Crippen LogP contribution is 2.05. The second kappa shape index (κ2) is 14.2. The van der Waals surface area contributed by atoms with Gasteiger partial charge in [-0.05, 0) is 25.7 Å². The minimum atomic E-state index is 0.789. The van der Waals surface area contributed by atoms with E-state index in [1.165, 1.54) is 51.4 Å². The van der Waals surface area contributed by atoms with Crippen molar-refractivity contribution in [1.82, 2.24) is 0 Å². The molecule has 0 rings (SSSR count). The first-order valence-electron chi connectivity index (χ1n) is 6.55. The van der Waals surface area contributed by atoms with Gasteiger partial charge in [0, 0.05) is 19.1 Å². The molecule has 0 aromatic carbocycles. The summed E-state index contributed by atoms with van der Waals surface area (Å²) in [5.41, 5.74) is 0. The average molecular weight is 235 g/mol. The summed E-state index contributed by atoms with van der Waals surface area (Å²) in [5, 5.41) is 0. The highest BCUT2D eigenvalue weighted by Gasteiger charge is 1.92. The van der Waals surface area contributed by atoms with E-state index in [2.05, 4.69) is 6.92 Å². The van der Waals surface area contributed by atoms with Gasteiger partial charge in [-0.1, -0.05) is 39.0 Å². The molecule has 0 heterocycles. The molecule has 15 heavy (non-hydrogen) atoms. The third-order valence-corrected chi connectivity index (χ3v) is 2.83. The zero-order chi connectivity index (χ0) is 11.2. The van der Waals surface area contributed by atoms with Crippen LogP contribution in [-0.2, 0) is 4.74 Å². The van der Waals surface area contributed by atoms with Crippen LogP contribution in [0.15, 0.2) is 0 Å². The lowest BCUT2D eigenvalue weighted by atomic mass is 10.1. The minimum absolute atomic E-state index is 0.789. The molecule has 0 amide bonds. The molecule has 92 valence electrons. The van der Waals surface area contributed by atoms with Gasteiger partial charge in [-0.15, -0.1) is 11.6 Å². The van der Waals surface area contributed by atoms with Gasteiger partial charge < -0.3 is 4.74 Å². The van der Waals surface area contributed by atoms with Crippen LogP contribution in [-0.4, -0.2) is 19.1 Å². The molecule has 0 radical (unpaired) electrons. The summed E-state index contributed by atoms with van der Waals surface area (Å²) in [5.74, 6) is 0.789. The third kappa shape index (κ3) is 14.2. The molecule has 0 fully saturated rings. The first-order valence-corrected chi connectivity index (χ1v) is 7.09. The Labute approximate surface area is 101 Å². The Kier molecular flexibility index (Phi) is 14.5. The normalized spacial score (nSPS) is 10.8. The quantitative estimate of drug-likeness (QED) is 0.349. The summed E-state index contributed by atoms with van der Waals surface area (Å²) in [6.45, 7) is 4.13. The smallest absolute Gasteiger partial charge is 0.0466 e. The number of alkyl halides is 1. The number of rotatable bonds is 12. The molecule has 1 nitrogen and oxygen atoms in total. The molecular formula is C13H27ClO. The molecule has 0 saturated heterocycles. The molecule has 2 heteroatoms. The highest BCUT2D eigenvalue weighted by molar-refractivity contribution is 6.17. The van der Waals surface area contributed by atoms with Crippen LogP contribution < -0.4 is 0 Å². The molecule has 0 aliphatic carbocycles. The fourth-order valence-corrected chi connectivity index (χ4v) is 1.75. The molecule has 0 unspecified atom stereocenters. The van der Waals surface area contributed by atoms with Crippen molar-refractivity contribution >= 4 is 11.6 Å². The Hall–Kier alpha value is 0.250. The summed E-state index contributed by atoms with van der Waals surface area (Å²) in [4.78, 5) is 0. The standard InChI is InChI=1S/C13H27ClO/c1-2-3-4-5-6-9-12-15-13-10-7-8-11-14/h2-13H2,1H3. The summed E-state index contributed by atoms with van der Waals surface area (Å²) in [6, 6.07) is 0. The van der Waals surface area contributed by atoms with E-state index < -0.39 is 0 Å². The van der Waals surface area contributed by atoms with E-state index >= 15 is 0 Å². The van der Waals surface area contributed by atoms with E-state index in [0.29, 0.717) is 0 Å². The van der Waals surface area contributed by atoms with Crippen molar-refractivity contribution in [3.63, 3.8) is 0 Å². The van der Waals surface area contributed by atoms with Crippen molar-refractivity contribution < 1.29 is 4.74 Å². The van der Waals surface area contributed by atoms with Gasteiger partial charge in [0.05, 0.1) is 0 Å². The van der Waals surface area contributed by atoms with E-state index in [1.807, 2.05) is 0 Å². The van der Waals surface area contributed by atoms with Gasteiger partial charge in [-0.3, -0.25) is 0 Å². The SMILES string of the molecule is CCCCCCCCOCCCCCCl. The van der Waals surface area contributed by atoms with Gasteiger partial charge in [0.1, 0.15) is 0 Å². The zero-order valence-corrected chi connectivity index (χ0v) is 11.0. The van der Waals surface area contributed by atoms with Crippen LogP contribution >= 0.6 is 11.6 Å². The van der Waals surface area contributed by atoms with Gasteiger partial charge >= 0.3 is 0 Å². The molecule has 0 N–H and O–H groups in total. The first kappa shape index (κ1) is 15.2. The molecule has 0 atom stereocenters. The van der Waals surface area contributed by atoms with E-state index in [4.69, 9.17) is 16.3 Å². The summed E-state index contributed by atoms with van der Waals surface area (Å²) in [7, 11) is 0. The van der Waals surface area contributed by atoms with Gasteiger partial charge in [0.2, 0.25) is 0 Å². The summed E-state index contributed by atoms with van der Waals surface area (Å²) in [6.07, 6.45) is 11.6. The average Bonchev–Trinajstić information content (AvgIpc) is 2.26. The van der Waals surface area contributed by atoms with Crippen molar-refractivity contribution in [2.75, 3.05) is 19.1 Å². The molecule has 0 aromatic rings. The fraction of sp³-hybridized carbons (Fsp3) is 1.00. The van der Waals surface area contributed by atoms with Crippen molar-refractivity contribution in [3.8, 4) is 0 Å². The predicted octanol–water partition coefficient (Wildman–Crippen LogP) is 4.77. The first-order chi connectivity index (χ1) is 7.41. The maximum atomic E-state index is 5.58. The van der Waals surface area contributed by atoms with E-state index in [-0.39, 0.29) is 0 Å². The lowest BCUT2D eigenvalue weighted by Gasteiger charge is -2.03. The van der Waals surface area contributed by atoms with Crippen LogP contribution in [0, 0.1) is 0 Å². The Morgan fingerprint density at radius 1 is 0.733 bits per heavy atom. The Morgan fingerprint density at radius 3 is 1.87 bits per heavy atom. The van der Waals surface area contributed by atoms with Crippen LogP contribution in [0.1, 0.15) is 64.7 Å². The summed E-state index contributed by atoms with van der Waals surface area (Å²) < 4.78 is 5.54. The maximum Gasteiger partial charge on any atom is 0.0466 e. The lowest BCUT2D eigenvalue weighted by molar-refractivity contribution is 0.126. The Bertz CT molecular complexity index is 94.7. The van der Waals surface area contributed by atoms with Gasteiger partial charge in [-0.25, -0.2) is 0 Å². The van der Waals surface area contributed by atoms with Gasteiger partial charge in [-0.2, -0.15) is 0 Å². The van der Waals surface area contributed by atoms with Crippen LogP contribution in [0.25, 0.3) is 0 Å². The summed E-state index contributed by atoms with van der Waals surface area (Å²) >= 11 is 5.58. The maximum absolute atomic E-state index is 5.58. The molecule has 0 bridgehead atoms. The largest absolute Gasteiger partial charge is 0.381 e. The topological polar surface area (TPSA) is 9.23 Å². The third-order valence-electron chi connectivity index (χ3n) is 2.56. The number of ether oxygens (including phenoxy) is 1. The number of hydrogen-bond donors (Lipinski definition) is 0. The number of unbranched alkanes of at least 4 members (excludes halogenated alkanes) is 7. The van der Waals surface area contributed by atoms with Crippen molar-refractivity contribution in [3.05, 3.63) is 0 Å². The minimum Gasteiger partial charge on any atom is -0.381 e. The second-order valence-corrected chi connectivity index (χ2v) is 4.51. The van der Waals surface area contributed by atoms with Crippen molar-refractivity contribution in [2.45, 2.75) is 64.7 Å². The molecule has 0 aromatic heterocycles. The molecular weight excluding hydrogens is 208 g/mol. The number of halogens is 1. The van der Waals surface area contributed by atoms with E-state index in [1.54, 1.807) is 0 Å². The van der Waals surface area contributed by atoms with E-state index in [9.17, 15) is 0 Å². The zero-order valence-electron chi connectivity index (χ0n) is 10.3. The van der Waals surface area contributed by atoms with Gasteiger partial charge in [0.15, 0.2) is 0 Å². The second-order valence-electron chi connectivity index (χ2n) is 4.13. The Balaban J connectivity index is 2.81. The van der Waals surface area contributed by atoms with Crippen LogP contribution in [0.2, 0.25) is 0 Å². The number of hydrogen-bond acceptors (Lipinski definition) is 1. The molecule has 0 saturated carbocycles. The molecule has 0 aliphatic rings. The highest BCUT2D eigenvalue weighted by atomic mass is 35.5. The van der Waals surface area contributed by atoms with Crippen molar-refractivity contribution in [2.24, 2.45) is 0 Å². The van der Waals surface area contributed by atoms with Crippen LogP contribution in [0.4, 0.5) is 0 Å². The van der Waals surface area contributed by atoms with Crippen LogP contribution in [0.5, 0.6) is 0 Å². The monoisotopic (exact) mass is 234 g/mol. The molecule has 0 spiro atoms. The van der Waals surface area contributed by atoms with Crippen LogP contribution in [0.3, 0.4) is 0 Å². The lowest BCUT2D eigenvalue weighted by Crippen LogP contribution is -1.97. The van der Waals surface area contributed by atoms with E-state index in [0.717, 1.165) is 25.5 Å². The van der Waals surface area contributed by atoms with Gasteiger partial charge in [0.25, 0.3) is 0 Å². The molecule has 0 aliphatic heterocycles. The van der Waals surface area contributed by atoms with Crippen molar-refractivity contribution in [1.29, 1.82) is 0 Å². The fourth-order valence-electron chi connectivity index (χ4n) is 1.56. The predicted molar refractivity (Wildman–Crippen MR) is 68.8 cm³/mol.